The number of benzene rings is 2. The monoisotopic (exact) mass is 351 g/mol. The number of nitrogens with zero attached hydrogens (tertiary/aromatic N) is 1. The van der Waals surface area contributed by atoms with Crippen molar-refractivity contribution in [2.45, 2.75) is 46.4 Å². The molecule has 2 aromatic carbocycles. The summed E-state index contributed by atoms with van der Waals surface area (Å²) >= 11 is 0. The van der Waals surface area contributed by atoms with E-state index in [4.69, 9.17) is 4.74 Å². The van der Waals surface area contributed by atoms with Crippen molar-refractivity contribution in [3.05, 3.63) is 60.2 Å². The Hall–Kier alpha value is -2.23. The van der Waals surface area contributed by atoms with Gasteiger partial charge in [-0.15, -0.1) is 0 Å². The normalized spacial score (nSPS) is 14.9. The van der Waals surface area contributed by atoms with Gasteiger partial charge in [0, 0.05) is 18.7 Å². The number of piperidine rings is 1. The lowest BCUT2D eigenvalue weighted by Gasteiger charge is -2.30. The Kier molecular flexibility index (Phi) is 7.32. The zero-order valence-corrected chi connectivity index (χ0v) is 15.2. The fourth-order valence-electron chi connectivity index (χ4n) is 3.24. The fourth-order valence-corrected chi connectivity index (χ4v) is 3.24. The van der Waals surface area contributed by atoms with Crippen LogP contribution in [0.4, 0.5) is 0 Å². The molecule has 1 aliphatic rings. The third-order valence-corrected chi connectivity index (χ3v) is 4.80. The van der Waals surface area contributed by atoms with Crippen molar-refractivity contribution < 1.29 is 9.53 Å². The summed E-state index contributed by atoms with van der Waals surface area (Å²) in [5, 5.41) is 0. The van der Waals surface area contributed by atoms with E-state index in [0.717, 1.165) is 37.2 Å². The molecule has 1 amide bonds. The van der Waals surface area contributed by atoms with Gasteiger partial charge in [0.05, 0.1) is 0 Å². The largest absolute Gasteiger partial charge is 0.476 e. The van der Waals surface area contributed by atoms with E-state index in [9.17, 15) is 4.79 Å². The number of hydrogen-bond donors (Lipinski definition) is 0. The summed E-state index contributed by atoms with van der Waals surface area (Å²) in [4.78, 5) is 15.0. The summed E-state index contributed by atoms with van der Waals surface area (Å²) in [6, 6.07) is 17.9. The Balaban J connectivity index is 0.00000243. The molecule has 0 spiro atoms. The highest BCUT2D eigenvalue weighted by molar-refractivity contribution is 6.70. The van der Waals surface area contributed by atoms with Gasteiger partial charge in [-0.25, -0.2) is 0 Å². The molecule has 1 aliphatic heterocycles. The van der Waals surface area contributed by atoms with Gasteiger partial charge in [0.25, 0.3) is 5.91 Å². The first-order valence-electron chi connectivity index (χ1n) is 9.25. The molecule has 1 heterocycles. The molecule has 4 heteroatoms. The third kappa shape index (κ3) is 4.90. The standard InChI is InChI=1S/C21H26BNO2.CH4/c1-22(2)18-11-13-19(14-12-18)25-20(17-9-5-3-6-10-17)21(24)23-15-7-4-8-16-23;/h3,5-6,9-14,20H,4,7-8,15-16H2,1-2H3;1H4. The maximum absolute atomic E-state index is 13.1. The van der Waals surface area contributed by atoms with E-state index < -0.39 is 6.10 Å². The number of rotatable bonds is 5. The quantitative estimate of drug-likeness (QED) is 0.747. The molecule has 0 aliphatic carbocycles. The Morgan fingerprint density at radius 3 is 2.15 bits per heavy atom. The molecule has 0 radical (unpaired) electrons. The molecule has 1 unspecified atom stereocenters. The van der Waals surface area contributed by atoms with Gasteiger partial charge < -0.3 is 9.64 Å². The Labute approximate surface area is 158 Å². The minimum absolute atomic E-state index is 0. The topological polar surface area (TPSA) is 29.5 Å². The molecule has 1 saturated heterocycles. The fraction of sp³-hybridized carbons (Fsp3) is 0.409. The number of carbonyl (C=O) groups is 1. The van der Waals surface area contributed by atoms with Gasteiger partial charge in [-0.3, -0.25) is 4.79 Å². The smallest absolute Gasteiger partial charge is 0.268 e. The Morgan fingerprint density at radius 1 is 0.962 bits per heavy atom. The summed E-state index contributed by atoms with van der Waals surface area (Å²) in [5.74, 6) is 0.808. The molecular weight excluding hydrogens is 321 g/mol. The first kappa shape index (κ1) is 20.1. The third-order valence-electron chi connectivity index (χ3n) is 4.80. The van der Waals surface area contributed by atoms with Crippen LogP contribution in [0.15, 0.2) is 54.6 Å². The van der Waals surface area contributed by atoms with Crippen LogP contribution >= 0.6 is 0 Å². The summed E-state index contributed by atoms with van der Waals surface area (Å²) in [6.07, 6.45) is 2.79. The van der Waals surface area contributed by atoms with E-state index in [1.165, 1.54) is 11.9 Å². The van der Waals surface area contributed by atoms with Crippen molar-refractivity contribution in [1.29, 1.82) is 0 Å². The second-order valence-corrected chi connectivity index (χ2v) is 7.02. The Bertz CT molecular complexity index is 679. The lowest BCUT2D eigenvalue weighted by atomic mass is 9.49. The summed E-state index contributed by atoms with van der Waals surface area (Å²) in [5.41, 5.74) is 2.18. The van der Waals surface area contributed by atoms with E-state index in [2.05, 4.69) is 25.8 Å². The molecule has 138 valence electrons. The highest BCUT2D eigenvalue weighted by atomic mass is 16.5. The first-order chi connectivity index (χ1) is 12.1. The van der Waals surface area contributed by atoms with Crippen LogP contribution in [0.3, 0.4) is 0 Å². The van der Waals surface area contributed by atoms with Gasteiger partial charge in [-0.05, 0) is 31.4 Å². The van der Waals surface area contributed by atoms with Crippen LogP contribution < -0.4 is 10.2 Å². The van der Waals surface area contributed by atoms with Gasteiger partial charge in [0.15, 0.2) is 6.71 Å². The average Bonchev–Trinajstić information content (AvgIpc) is 2.67. The Morgan fingerprint density at radius 2 is 1.58 bits per heavy atom. The van der Waals surface area contributed by atoms with Crippen molar-refractivity contribution in [3.63, 3.8) is 0 Å². The SMILES string of the molecule is C.CB(C)c1ccc(OC(C(=O)N2CCCCC2)c2ccccc2)cc1. The predicted molar refractivity (Wildman–Crippen MR) is 111 cm³/mol. The van der Waals surface area contributed by atoms with E-state index >= 15 is 0 Å². The zero-order valence-electron chi connectivity index (χ0n) is 15.2. The highest BCUT2D eigenvalue weighted by Crippen LogP contribution is 2.25. The maximum atomic E-state index is 13.1. The van der Waals surface area contributed by atoms with Crippen LogP contribution in [-0.2, 0) is 4.79 Å². The van der Waals surface area contributed by atoms with Crippen LogP contribution in [0.2, 0.25) is 13.6 Å². The molecule has 3 nitrogen and oxygen atoms in total. The highest BCUT2D eigenvalue weighted by Gasteiger charge is 2.28. The van der Waals surface area contributed by atoms with Gasteiger partial charge >= 0.3 is 0 Å². The molecule has 0 aromatic heterocycles. The number of ether oxygens (including phenoxy) is 1. The van der Waals surface area contributed by atoms with Crippen molar-refractivity contribution in [2.24, 2.45) is 0 Å². The number of likely N-dealkylation sites (tertiary alicyclic amines) is 1. The van der Waals surface area contributed by atoms with Gasteiger partial charge in [-0.1, -0.05) is 69.0 Å². The summed E-state index contributed by atoms with van der Waals surface area (Å²) in [7, 11) is 0. The van der Waals surface area contributed by atoms with Gasteiger partial charge in [0.1, 0.15) is 5.75 Å². The predicted octanol–water partition coefficient (Wildman–Crippen LogP) is 4.42. The van der Waals surface area contributed by atoms with E-state index in [-0.39, 0.29) is 13.3 Å². The second kappa shape index (κ2) is 9.47. The molecule has 1 atom stereocenters. The van der Waals surface area contributed by atoms with Crippen molar-refractivity contribution in [3.8, 4) is 5.75 Å². The average molecular weight is 351 g/mol. The molecular formula is C22H30BNO2. The lowest BCUT2D eigenvalue weighted by molar-refractivity contribution is -0.140. The molecule has 1 fully saturated rings. The van der Waals surface area contributed by atoms with Crippen LogP contribution in [0.25, 0.3) is 0 Å². The molecule has 26 heavy (non-hydrogen) atoms. The molecule has 0 bridgehead atoms. The lowest BCUT2D eigenvalue weighted by Crippen LogP contribution is -2.40. The number of hydrogen-bond acceptors (Lipinski definition) is 2. The minimum atomic E-state index is -0.579. The maximum Gasteiger partial charge on any atom is 0.268 e. The zero-order chi connectivity index (χ0) is 17.6. The van der Waals surface area contributed by atoms with E-state index in [1.54, 1.807) is 0 Å². The van der Waals surface area contributed by atoms with Gasteiger partial charge in [0.2, 0.25) is 6.10 Å². The van der Waals surface area contributed by atoms with Crippen LogP contribution in [-0.4, -0.2) is 30.6 Å². The summed E-state index contributed by atoms with van der Waals surface area (Å²) < 4.78 is 6.16. The molecule has 0 N–H and O–H groups in total. The van der Waals surface area contributed by atoms with Crippen LogP contribution in [0.5, 0.6) is 5.75 Å². The second-order valence-electron chi connectivity index (χ2n) is 7.02. The first-order valence-corrected chi connectivity index (χ1v) is 9.25. The van der Waals surface area contributed by atoms with Crippen molar-refractivity contribution in [1.82, 2.24) is 4.90 Å². The van der Waals surface area contributed by atoms with Crippen molar-refractivity contribution >= 4 is 18.1 Å². The van der Waals surface area contributed by atoms with Gasteiger partial charge in [-0.2, -0.15) is 0 Å². The van der Waals surface area contributed by atoms with Crippen LogP contribution in [0, 0.1) is 0 Å². The number of amides is 1. The van der Waals surface area contributed by atoms with E-state index in [1.807, 2.05) is 47.4 Å². The minimum Gasteiger partial charge on any atom is -0.476 e. The molecule has 2 aromatic rings. The number of carbonyl (C=O) groups excluding carboxylic acids is 1. The van der Waals surface area contributed by atoms with E-state index in [0.29, 0.717) is 6.71 Å². The van der Waals surface area contributed by atoms with Crippen molar-refractivity contribution in [2.75, 3.05) is 13.1 Å². The summed E-state index contributed by atoms with van der Waals surface area (Å²) in [6.45, 7) is 6.48. The molecule has 3 rings (SSSR count). The molecule has 0 saturated carbocycles. The van der Waals surface area contributed by atoms with Crippen LogP contribution in [0.1, 0.15) is 38.4 Å².